The van der Waals surface area contributed by atoms with E-state index in [0.29, 0.717) is 18.7 Å². The minimum absolute atomic E-state index is 0.0130. The summed E-state index contributed by atoms with van der Waals surface area (Å²) in [7, 11) is 0. The van der Waals surface area contributed by atoms with Crippen LogP contribution in [0.2, 0.25) is 0 Å². The maximum absolute atomic E-state index is 12.5. The van der Waals surface area contributed by atoms with E-state index >= 15 is 0 Å². The second-order valence-corrected chi connectivity index (χ2v) is 5.88. The summed E-state index contributed by atoms with van der Waals surface area (Å²) < 4.78 is 0. The van der Waals surface area contributed by atoms with Gasteiger partial charge in [-0.05, 0) is 35.6 Å². The van der Waals surface area contributed by atoms with Crippen molar-refractivity contribution in [3.63, 3.8) is 0 Å². The van der Waals surface area contributed by atoms with E-state index in [2.05, 4.69) is 0 Å². The van der Waals surface area contributed by atoms with Crippen LogP contribution in [0.15, 0.2) is 29.6 Å². The number of thiophene rings is 1. The largest absolute Gasteiger partial charge is 0.393 e. The fourth-order valence-corrected chi connectivity index (χ4v) is 3.35. The molecule has 2 heterocycles. The number of hydrogen-bond acceptors (Lipinski definition) is 5. The third-order valence-electron chi connectivity index (χ3n) is 3.57. The minimum Gasteiger partial charge on any atom is -0.393 e. The number of amides is 1. The first kappa shape index (κ1) is 13.6. The zero-order valence-electron chi connectivity index (χ0n) is 11.1. The summed E-state index contributed by atoms with van der Waals surface area (Å²) in [5.74, 6) is -0.145. The Labute approximate surface area is 124 Å². The Bertz CT molecular complexity index is 726. The van der Waals surface area contributed by atoms with E-state index in [-0.39, 0.29) is 17.3 Å². The van der Waals surface area contributed by atoms with Crippen molar-refractivity contribution in [1.82, 2.24) is 4.90 Å². The van der Waals surface area contributed by atoms with E-state index in [1.807, 2.05) is 11.4 Å². The van der Waals surface area contributed by atoms with Gasteiger partial charge in [-0.2, -0.15) is 0 Å². The quantitative estimate of drug-likeness (QED) is 0.524. The van der Waals surface area contributed by atoms with Crippen molar-refractivity contribution in [2.45, 2.75) is 13.0 Å². The molecule has 3 rings (SSSR count). The monoisotopic (exact) mass is 303 g/mol. The number of nitro benzene ring substituents is 1. The minimum atomic E-state index is -0.553. The standard InChI is InChI=1S/C14H13N3O3S/c15-11-7-9(1-2-12(11)17(19)20)14(18)16-5-3-13-10(8-16)4-6-21-13/h1-2,4,6-7H,3,5,8,15H2. The summed E-state index contributed by atoms with van der Waals surface area (Å²) in [6, 6.07) is 6.15. The smallest absolute Gasteiger partial charge is 0.292 e. The van der Waals surface area contributed by atoms with Crippen LogP contribution in [0.1, 0.15) is 20.8 Å². The number of benzene rings is 1. The fraction of sp³-hybridized carbons (Fsp3) is 0.214. The van der Waals surface area contributed by atoms with Crippen molar-refractivity contribution in [1.29, 1.82) is 0 Å². The number of nitrogens with two attached hydrogens (primary N) is 1. The maximum atomic E-state index is 12.5. The zero-order valence-corrected chi connectivity index (χ0v) is 11.9. The van der Waals surface area contributed by atoms with Crippen LogP contribution in [-0.4, -0.2) is 22.3 Å². The van der Waals surface area contributed by atoms with Gasteiger partial charge in [-0.1, -0.05) is 0 Å². The molecule has 108 valence electrons. The number of carbonyl (C=O) groups is 1. The summed E-state index contributed by atoms with van der Waals surface area (Å²) in [5, 5.41) is 12.8. The number of carbonyl (C=O) groups excluding carboxylic acids is 1. The van der Waals surface area contributed by atoms with Crippen LogP contribution in [0, 0.1) is 10.1 Å². The summed E-state index contributed by atoms with van der Waals surface area (Å²) >= 11 is 1.71. The Kier molecular flexibility index (Phi) is 3.34. The van der Waals surface area contributed by atoms with E-state index in [1.165, 1.54) is 28.6 Å². The molecule has 7 heteroatoms. The molecule has 0 saturated carbocycles. The normalized spacial score (nSPS) is 13.8. The highest BCUT2D eigenvalue weighted by Crippen LogP contribution is 2.27. The predicted octanol–water partition coefficient (Wildman–Crippen LogP) is 2.44. The summed E-state index contributed by atoms with van der Waals surface area (Å²) in [4.78, 5) is 25.7. The Morgan fingerprint density at radius 2 is 2.19 bits per heavy atom. The molecule has 1 aromatic heterocycles. The predicted molar refractivity (Wildman–Crippen MR) is 80.3 cm³/mol. The van der Waals surface area contributed by atoms with E-state index in [4.69, 9.17) is 5.73 Å². The molecule has 0 radical (unpaired) electrons. The molecule has 1 aromatic carbocycles. The van der Waals surface area contributed by atoms with Crippen LogP contribution in [0.4, 0.5) is 11.4 Å². The van der Waals surface area contributed by atoms with Gasteiger partial charge in [-0.15, -0.1) is 11.3 Å². The summed E-state index contributed by atoms with van der Waals surface area (Å²) in [6.45, 7) is 1.23. The van der Waals surface area contributed by atoms with Crippen LogP contribution in [0.5, 0.6) is 0 Å². The molecule has 6 nitrogen and oxygen atoms in total. The molecule has 0 unspecified atom stereocenters. The Hall–Kier alpha value is -2.41. The number of hydrogen-bond donors (Lipinski definition) is 1. The van der Waals surface area contributed by atoms with Crippen LogP contribution >= 0.6 is 11.3 Å². The van der Waals surface area contributed by atoms with Crippen molar-refractivity contribution in [2.75, 3.05) is 12.3 Å². The van der Waals surface area contributed by atoms with Crippen molar-refractivity contribution in [3.8, 4) is 0 Å². The lowest BCUT2D eigenvalue weighted by atomic mass is 10.1. The zero-order chi connectivity index (χ0) is 15.0. The molecule has 0 spiro atoms. The maximum Gasteiger partial charge on any atom is 0.292 e. The molecule has 2 N–H and O–H groups in total. The number of nitrogens with zero attached hydrogens (tertiary/aromatic N) is 2. The van der Waals surface area contributed by atoms with Crippen molar-refractivity contribution in [2.24, 2.45) is 0 Å². The molecule has 1 aliphatic heterocycles. The second-order valence-electron chi connectivity index (χ2n) is 4.88. The molecule has 0 fully saturated rings. The van der Waals surface area contributed by atoms with Gasteiger partial charge in [0, 0.05) is 29.6 Å². The topological polar surface area (TPSA) is 89.5 Å². The highest BCUT2D eigenvalue weighted by Gasteiger charge is 2.23. The Morgan fingerprint density at radius 1 is 1.38 bits per heavy atom. The summed E-state index contributed by atoms with van der Waals surface area (Å²) in [5.41, 5.74) is 7.04. The molecule has 0 aliphatic carbocycles. The molecule has 0 atom stereocenters. The van der Waals surface area contributed by atoms with Crippen molar-refractivity contribution < 1.29 is 9.72 Å². The third-order valence-corrected chi connectivity index (χ3v) is 4.59. The van der Waals surface area contributed by atoms with E-state index in [9.17, 15) is 14.9 Å². The summed E-state index contributed by atoms with van der Waals surface area (Å²) in [6.07, 6.45) is 0.848. The molecule has 0 bridgehead atoms. The van der Waals surface area contributed by atoms with E-state index < -0.39 is 4.92 Å². The third kappa shape index (κ3) is 2.47. The first-order valence-corrected chi connectivity index (χ1v) is 7.32. The van der Waals surface area contributed by atoms with E-state index in [1.54, 1.807) is 16.2 Å². The van der Waals surface area contributed by atoms with Crippen LogP contribution in [-0.2, 0) is 13.0 Å². The number of nitrogen functional groups attached to an aromatic ring is 1. The van der Waals surface area contributed by atoms with Crippen LogP contribution < -0.4 is 5.73 Å². The van der Waals surface area contributed by atoms with Crippen LogP contribution in [0.25, 0.3) is 0 Å². The Morgan fingerprint density at radius 3 is 2.90 bits per heavy atom. The molecule has 1 aliphatic rings. The molecule has 2 aromatic rings. The second kappa shape index (κ2) is 5.17. The molecule has 0 saturated heterocycles. The molecule has 21 heavy (non-hydrogen) atoms. The first-order chi connectivity index (χ1) is 10.1. The van der Waals surface area contributed by atoms with Gasteiger partial charge in [0.2, 0.25) is 0 Å². The first-order valence-electron chi connectivity index (χ1n) is 6.44. The highest BCUT2D eigenvalue weighted by atomic mass is 32.1. The highest BCUT2D eigenvalue weighted by molar-refractivity contribution is 7.10. The number of anilines is 1. The van der Waals surface area contributed by atoms with Gasteiger partial charge in [0.15, 0.2) is 0 Å². The van der Waals surface area contributed by atoms with Gasteiger partial charge in [0.25, 0.3) is 11.6 Å². The lowest BCUT2D eigenvalue weighted by Gasteiger charge is -2.27. The van der Waals surface area contributed by atoms with Gasteiger partial charge >= 0.3 is 0 Å². The average Bonchev–Trinajstić information content (AvgIpc) is 2.93. The van der Waals surface area contributed by atoms with Gasteiger partial charge < -0.3 is 10.6 Å². The Balaban J connectivity index is 1.83. The SMILES string of the molecule is Nc1cc(C(=O)N2CCc3sccc3C2)ccc1[N+](=O)[O-]. The van der Waals surface area contributed by atoms with Crippen molar-refractivity contribution >= 4 is 28.6 Å². The number of nitro groups is 1. The van der Waals surface area contributed by atoms with Gasteiger partial charge in [-0.3, -0.25) is 14.9 Å². The lowest BCUT2D eigenvalue weighted by molar-refractivity contribution is -0.383. The van der Waals surface area contributed by atoms with E-state index in [0.717, 1.165) is 6.42 Å². The number of fused-ring (bicyclic) bond motifs is 1. The fourth-order valence-electron chi connectivity index (χ4n) is 2.46. The van der Waals surface area contributed by atoms with Gasteiger partial charge in [0.05, 0.1) is 4.92 Å². The van der Waals surface area contributed by atoms with Crippen LogP contribution in [0.3, 0.4) is 0 Å². The molecular formula is C14H13N3O3S. The lowest BCUT2D eigenvalue weighted by Crippen LogP contribution is -2.35. The average molecular weight is 303 g/mol. The molecular weight excluding hydrogens is 290 g/mol. The number of rotatable bonds is 2. The molecule has 1 amide bonds. The van der Waals surface area contributed by atoms with Crippen molar-refractivity contribution in [3.05, 3.63) is 55.8 Å². The van der Waals surface area contributed by atoms with Gasteiger partial charge in [-0.25, -0.2) is 0 Å². The van der Waals surface area contributed by atoms with Gasteiger partial charge in [0.1, 0.15) is 5.69 Å².